The van der Waals surface area contributed by atoms with Gasteiger partial charge in [0.2, 0.25) is 5.91 Å². The van der Waals surface area contributed by atoms with Crippen LogP contribution in [0, 0.1) is 18.3 Å². The number of nitrogens with zero attached hydrogens (tertiary/aromatic N) is 4. The monoisotopic (exact) mass is 411 g/mol. The van der Waals surface area contributed by atoms with E-state index in [1.54, 1.807) is 11.8 Å². The lowest BCUT2D eigenvalue weighted by Crippen LogP contribution is -2.73. The lowest BCUT2D eigenvalue weighted by atomic mass is 9.57. The molecule has 29 heavy (non-hydrogen) atoms. The average molecular weight is 411 g/mol. The van der Waals surface area contributed by atoms with Crippen molar-refractivity contribution in [1.29, 1.82) is 0 Å². The Bertz CT molecular complexity index is 860. The summed E-state index contributed by atoms with van der Waals surface area (Å²) in [5.74, 6) is 0.364. The lowest BCUT2D eigenvalue weighted by molar-refractivity contribution is -0.141. The maximum absolute atomic E-state index is 12.8. The summed E-state index contributed by atoms with van der Waals surface area (Å²) in [6, 6.07) is 1.12. The molecule has 3 saturated heterocycles. The van der Waals surface area contributed by atoms with E-state index in [0.29, 0.717) is 50.8 Å². The zero-order valence-corrected chi connectivity index (χ0v) is 16.3. The Morgan fingerprint density at radius 3 is 2.45 bits per heavy atom. The van der Waals surface area contributed by atoms with Crippen molar-refractivity contribution in [2.24, 2.45) is 11.3 Å². The summed E-state index contributed by atoms with van der Waals surface area (Å²) in [4.78, 5) is 27.6. The van der Waals surface area contributed by atoms with Crippen LogP contribution in [0.3, 0.4) is 0 Å². The van der Waals surface area contributed by atoms with E-state index in [1.807, 2.05) is 4.90 Å². The Morgan fingerprint density at radius 2 is 1.90 bits per heavy atom. The summed E-state index contributed by atoms with van der Waals surface area (Å²) in [5, 5.41) is 6.69. The second-order valence-electron chi connectivity index (χ2n) is 9.45. The van der Waals surface area contributed by atoms with Gasteiger partial charge in [0, 0.05) is 50.3 Å². The van der Waals surface area contributed by atoms with Gasteiger partial charge in [-0.25, -0.2) is 4.79 Å². The summed E-state index contributed by atoms with van der Waals surface area (Å²) < 4.78 is 39.8. The Kier molecular flexibility index (Phi) is 3.80. The zero-order chi connectivity index (χ0) is 20.6. The lowest BCUT2D eigenvalue weighted by Gasteiger charge is -2.61. The predicted molar refractivity (Wildman–Crippen MR) is 95.8 cm³/mol. The van der Waals surface area contributed by atoms with Crippen molar-refractivity contribution in [1.82, 2.24) is 24.9 Å². The maximum Gasteiger partial charge on any atom is 0.435 e. The summed E-state index contributed by atoms with van der Waals surface area (Å²) >= 11 is 0. The average Bonchev–Trinajstić information content (AvgIpc) is 3.09. The molecular formula is C19H24F3N5O2. The van der Waals surface area contributed by atoms with E-state index in [9.17, 15) is 22.8 Å². The number of carbonyl (C=O) groups excluding carboxylic acids is 2. The fourth-order valence-electron chi connectivity index (χ4n) is 5.56. The van der Waals surface area contributed by atoms with E-state index in [0.717, 1.165) is 25.3 Å². The first kappa shape index (κ1) is 18.7. The summed E-state index contributed by atoms with van der Waals surface area (Å²) in [6.45, 7) is 4.74. The van der Waals surface area contributed by atoms with Crippen molar-refractivity contribution in [3.8, 4) is 0 Å². The molecule has 1 aromatic rings. The van der Waals surface area contributed by atoms with Crippen molar-refractivity contribution in [2.45, 2.75) is 50.9 Å². The van der Waals surface area contributed by atoms with Gasteiger partial charge in [-0.15, -0.1) is 0 Å². The molecule has 3 aliphatic heterocycles. The summed E-state index contributed by atoms with van der Waals surface area (Å²) in [6.07, 6.45) is -1.25. The first-order valence-corrected chi connectivity index (χ1v) is 10.0. The largest absolute Gasteiger partial charge is 0.435 e. The van der Waals surface area contributed by atoms with E-state index in [1.165, 1.54) is 4.68 Å². The molecule has 5 rings (SSSR count). The van der Waals surface area contributed by atoms with Crippen LogP contribution in [0.2, 0.25) is 0 Å². The third-order valence-electron chi connectivity index (χ3n) is 6.96. The molecule has 0 aromatic carbocycles. The Balaban J connectivity index is 1.09. The van der Waals surface area contributed by atoms with Gasteiger partial charge >= 0.3 is 12.2 Å². The van der Waals surface area contributed by atoms with Crippen molar-refractivity contribution in [3.63, 3.8) is 0 Å². The number of aryl methyl sites for hydroxylation is 1. The van der Waals surface area contributed by atoms with Gasteiger partial charge in [-0.1, -0.05) is 0 Å². The van der Waals surface area contributed by atoms with Crippen LogP contribution in [0.15, 0.2) is 6.07 Å². The number of aromatic nitrogens is 2. The molecule has 1 N–H and O–H groups in total. The maximum atomic E-state index is 12.8. The zero-order valence-electron chi connectivity index (χ0n) is 16.3. The number of nitrogens with one attached hydrogen (secondary N) is 1. The van der Waals surface area contributed by atoms with Crippen molar-refractivity contribution in [2.75, 3.05) is 26.2 Å². The van der Waals surface area contributed by atoms with Crippen LogP contribution in [0.25, 0.3) is 0 Å². The Hall–Kier alpha value is -2.26. The van der Waals surface area contributed by atoms with Crippen LogP contribution in [-0.2, 0) is 17.5 Å². The highest BCUT2D eigenvalue weighted by atomic mass is 19.4. The number of halogens is 3. The van der Waals surface area contributed by atoms with Crippen LogP contribution in [0.4, 0.5) is 18.0 Å². The topological polar surface area (TPSA) is 70.5 Å². The molecule has 4 fully saturated rings. The van der Waals surface area contributed by atoms with Gasteiger partial charge < -0.3 is 15.1 Å². The molecule has 4 aliphatic rings. The van der Waals surface area contributed by atoms with Crippen LogP contribution in [0.5, 0.6) is 0 Å². The summed E-state index contributed by atoms with van der Waals surface area (Å²) in [7, 11) is 0. The quantitative estimate of drug-likeness (QED) is 0.810. The summed E-state index contributed by atoms with van der Waals surface area (Å²) in [5.41, 5.74) is -0.392. The van der Waals surface area contributed by atoms with Crippen LogP contribution in [-0.4, -0.2) is 63.2 Å². The van der Waals surface area contributed by atoms with E-state index >= 15 is 0 Å². The number of rotatable bonds is 2. The van der Waals surface area contributed by atoms with Gasteiger partial charge in [0.25, 0.3) is 0 Å². The van der Waals surface area contributed by atoms with E-state index < -0.39 is 11.9 Å². The Labute approximate surface area is 166 Å². The molecule has 1 aliphatic carbocycles. The predicted octanol–water partition coefficient (Wildman–Crippen LogP) is 2.01. The van der Waals surface area contributed by atoms with Gasteiger partial charge in [0.05, 0.1) is 5.54 Å². The minimum Gasteiger partial charge on any atom is -0.347 e. The second-order valence-corrected chi connectivity index (χ2v) is 9.45. The van der Waals surface area contributed by atoms with Gasteiger partial charge in [0.1, 0.15) is 0 Å². The minimum absolute atomic E-state index is 0.0311. The van der Waals surface area contributed by atoms with Crippen LogP contribution < -0.4 is 5.32 Å². The molecule has 0 unspecified atom stereocenters. The standard InChI is InChI=1S/C19H24F3N5O2/c1-12-4-14(19(20,21)22)24-27(12)7-13-5-17(6-13)8-25(9-17)16(29)26-10-18(11-26)3-2-15(28)23-18/h4,13H,2-3,5-11H2,1H3,(H,23,28). The molecule has 4 heterocycles. The third kappa shape index (κ3) is 3.07. The molecule has 10 heteroatoms. The number of amides is 3. The molecule has 0 bridgehead atoms. The highest BCUT2D eigenvalue weighted by molar-refractivity contribution is 5.82. The fraction of sp³-hybridized carbons (Fsp3) is 0.737. The number of hydrogen-bond acceptors (Lipinski definition) is 3. The highest BCUT2D eigenvalue weighted by Crippen LogP contribution is 2.53. The van der Waals surface area contributed by atoms with Crippen LogP contribution >= 0.6 is 0 Å². The molecule has 7 nitrogen and oxygen atoms in total. The van der Waals surface area contributed by atoms with Crippen molar-refractivity contribution < 1.29 is 22.8 Å². The molecule has 3 amide bonds. The molecule has 1 aromatic heterocycles. The number of alkyl halides is 3. The highest BCUT2D eigenvalue weighted by Gasteiger charge is 2.56. The number of hydrogen-bond donors (Lipinski definition) is 1. The van der Waals surface area contributed by atoms with Gasteiger partial charge in [-0.2, -0.15) is 18.3 Å². The molecule has 1 saturated carbocycles. The van der Waals surface area contributed by atoms with Gasteiger partial charge in [-0.3, -0.25) is 9.48 Å². The number of likely N-dealkylation sites (tertiary alicyclic amines) is 2. The van der Waals surface area contributed by atoms with E-state index in [4.69, 9.17) is 0 Å². The van der Waals surface area contributed by atoms with E-state index in [-0.39, 0.29) is 22.9 Å². The van der Waals surface area contributed by atoms with Crippen molar-refractivity contribution >= 4 is 11.9 Å². The molecule has 158 valence electrons. The number of carbonyl (C=O) groups is 2. The minimum atomic E-state index is -4.41. The molecular weight excluding hydrogens is 387 g/mol. The normalized spacial score (nSPS) is 25.0. The van der Waals surface area contributed by atoms with Gasteiger partial charge in [0.15, 0.2) is 5.69 Å². The van der Waals surface area contributed by atoms with Crippen molar-refractivity contribution in [3.05, 3.63) is 17.5 Å². The molecule has 2 spiro atoms. The number of urea groups is 1. The second kappa shape index (κ2) is 5.89. The first-order valence-electron chi connectivity index (χ1n) is 10.0. The third-order valence-corrected chi connectivity index (χ3v) is 6.96. The smallest absolute Gasteiger partial charge is 0.347 e. The van der Waals surface area contributed by atoms with Gasteiger partial charge in [-0.05, 0) is 38.2 Å². The molecule has 0 radical (unpaired) electrons. The van der Waals surface area contributed by atoms with Crippen LogP contribution in [0.1, 0.15) is 37.1 Å². The first-order chi connectivity index (χ1) is 13.6. The Morgan fingerprint density at radius 1 is 1.24 bits per heavy atom. The van der Waals surface area contributed by atoms with E-state index in [2.05, 4.69) is 10.4 Å². The molecule has 0 atom stereocenters. The fourth-order valence-corrected chi connectivity index (χ4v) is 5.56. The SMILES string of the molecule is Cc1cc(C(F)(F)F)nn1CC1CC2(C1)CN(C(=O)N1CC3(CCC(=O)N3)C1)C2.